The van der Waals surface area contributed by atoms with Crippen LogP contribution in [0.2, 0.25) is 0 Å². The molecule has 0 radical (unpaired) electrons. The van der Waals surface area contributed by atoms with E-state index in [1.165, 1.54) is 17.5 Å². The Kier molecular flexibility index (Phi) is 10.4. The maximum absolute atomic E-state index is 10.7. The molecule has 2 nitrogen and oxygen atoms in total. The zero-order chi connectivity index (χ0) is 18.5. The van der Waals surface area contributed by atoms with Gasteiger partial charge in [-0.2, -0.15) is 23.5 Å². The van der Waals surface area contributed by atoms with Crippen molar-refractivity contribution in [3.63, 3.8) is 0 Å². The van der Waals surface area contributed by atoms with Gasteiger partial charge in [0.15, 0.2) is 0 Å². The molecule has 2 aromatic rings. The van der Waals surface area contributed by atoms with Crippen molar-refractivity contribution in [2.45, 2.75) is 48.9 Å². The summed E-state index contributed by atoms with van der Waals surface area (Å²) in [5.41, 5.74) is 2.75. The van der Waals surface area contributed by atoms with Gasteiger partial charge >= 0.3 is 5.97 Å². The Hall–Kier alpha value is -1.39. The van der Waals surface area contributed by atoms with Crippen LogP contribution in [0.4, 0.5) is 0 Å². The number of hydrogen-bond acceptors (Lipinski definition) is 3. The Bertz CT molecular complexity index is 617. The number of aliphatic carboxylic acids is 1. The van der Waals surface area contributed by atoms with Crippen molar-refractivity contribution in [2.75, 3.05) is 5.75 Å². The van der Waals surface area contributed by atoms with E-state index >= 15 is 0 Å². The molecule has 140 valence electrons. The number of carbonyl (C=O) groups is 1. The summed E-state index contributed by atoms with van der Waals surface area (Å²) >= 11 is 4.01. The largest absolute Gasteiger partial charge is 0.481 e. The molecule has 0 amide bonds. The van der Waals surface area contributed by atoms with Crippen LogP contribution in [0.3, 0.4) is 0 Å². The topological polar surface area (TPSA) is 37.3 Å². The highest BCUT2D eigenvalue weighted by Crippen LogP contribution is 2.27. The summed E-state index contributed by atoms with van der Waals surface area (Å²) in [5.74, 6) is 2.57. The molecule has 1 unspecified atom stereocenters. The minimum Gasteiger partial charge on any atom is -0.481 e. The van der Waals surface area contributed by atoms with E-state index in [4.69, 9.17) is 5.11 Å². The van der Waals surface area contributed by atoms with Crippen molar-refractivity contribution in [1.82, 2.24) is 0 Å². The average molecular weight is 389 g/mol. The molecule has 0 aromatic heterocycles. The zero-order valence-electron chi connectivity index (χ0n) is 15.2. The molecule has 4 heteroatoms. The highest BCUT2D eigenvalue weighted by Gasteiger charge is 2.10. The first kappa shape index (κ1) is 20.9. The van der Waals surface area contributed by atoms with Crippen LogP contribution in [0.15, 0.2) is 60.7 Å². The average Bonchev–Trinajstić information content (AvgIpc) is 2.67. The van der Waals surface area contributed by atoms with Gasteiger partial charge in [0.2, 0.25) is 0 Å². The summed E-state index contributed by atoms with van der Waals surface area (Å²) in [4.78, 5) is 10.7. The van der Waals surface area contributed by atoms with Gasteiger partial charge in [-0.15, -0.1) is 0 Å². The Balaban J connectivity index is 1.72. The molecule has 0 saturated carbocycles. The van der Waals surface area contributed by atoms with Gasteiger partial charge in [-0.3, -0.25) is 4.79 Å². The zero-order valence-corrected chi connectivity index (χ0v) is 16.8. The second-order valence-corrected chi connectivity index (χ2v) is 8.78. The molecular formula is C22H28O2S2. The third kappa shape index (κ3) is 9.35. The number of benzene rings is 2. The van der Waals surface area contributed by atoms with Crippen molar-refractivity contribution < 1.29 is 9.90 Å². The summed E-state index contributed by atoms with van der Waals surface area (Å²) in [6.45, 7) is 0. The molecule has 0 aliphatic carbocycles. The van der Waals surface area contributed by atoms with Crippen LogP contribution in [0.25, 0.3) is 0 Å². The number of thioether (sulfide) groups is 2. The summed E-state index contributed by atoms with van der Waals surface area (Å²) in [6.07, 6.45) is 4.37. The van der Waals surface area contributed by atoms with Crippen molar-refractivity contribution in [1.29, 1.82) is 0 Å². The van der Waals surface area contributed by atoms with Gasteiger partial charge < -0.3 is 5.11 Å². The Labute approximate surface area is 165 Å². The van der Waals surface area contributed by atoms with Gasteiger partial charge in [-0.25, -0.2) is 0 Å². The SMILES string of the molecule is O=C(O)CCCCC(CCSCc1ccccc1)SCc1ccccc1. The fourth-order valence-electron chi connectivity index (χ4n) is 2.73. The smallest absolute Gasteiger partial charge is 0.303 e. The van der Waals surface area contributed by atoms with Gasteiger partial charge in [0.1, 0.15) is 0 Å². The van der Waals surface area contributed by atoms with Gasteiger partial charge in [0.25, 0.3) is 0 Å². The lowest BCUT2D eigenvalue weighted by atomic mass is 10.1. The minimum atomic E-state index is -0.683. The first-order valence-electron chi connectivity index (χ1n) is 9.23. The molecule has 0 spiro atoms. The number of carboxylic acid groups (broad SMARTS) is 1. The van der Waals surface area contributed by atoms with Crippen molar-refractivity contribution in [2.24, 2.45) is 0 Å². The lowest BCUT2D eigenvalue weighted by Crippen LogP contribution is -2.06. The second kappa shape index (κ2) is 12.9. The van der Waals surface area contributed by atoms with E-state index in [0.717, 1.165) is 36.5 Å². The molecule has 0 heterocycles. The molecule has 2 aromatic carbocycles. The molecule has 0 saturated heterocycles. The van der Waals surface area contributed by atoms with Crippen LogP contribution in [-0.4, -0.2) is 22.1 Å². The molecule has 0 aliphatic rings. The molecule has 0 aliphatic heterocycles. The Morgan fingerprint density at radius 2 is 1.46 bits per heavy atom. The third-order valence-corrected chi connectivity index (χ3v) is 6.70. The lowest BCUT2D eigenvalue weighted by Gasteiger charge is -2.16. The first-order valence-corrected chi connectivity index (χ1v) is 11.4. The van der Waals surface area contributed by atoms with Crippen LogP contribution < -0.4 is 0 Å². The third-order valence-electron chi connectivity index (χ3n) is 4.19. The van der Waals surface area contributed by atoms with Gasteiger partial charge in [-0.1, -0.05) is 67.1 Å². The van der Waals surface area contributed by atoms with Crippen LogP contribution in [0.5, 0.6) is 0 Å². The normalized spacial score (nSPS) is 12.0. The van der Waals surface area contributed by atoms with Gasteiger partial charge in [-0.05, 0) is 36.1 Å². The van der Waals surface area contributed by atoms with Gasteiger partial charge in [0, 0.05) is 23.2 Å². The fraction of sp³-hybridized carbons (Fsp3) is 0.409. The van der Waals surface area contributed by atoms with Crippen LogP contribution in [0.1, 0.15) is 43.2 Å². The molecule has 1 atom stereocenters. The number of carboxylic acids is 1. The Morgan fingerprint density at radius 3 is 2.08 bits per heavy atom. The minimum absolute atomic E-state index is 0.291. The summed E-state index contributed by atoms with van der Waals surface area (Å²) in [6, 6.07) is 21.2. The molecule has 26 heavy (non-hydrogen) atoms. The predicted molar refractivity (Wildman–Crippen MR) is 115 cm³/mol. The number of rotatable bonds is 13. The highest BCUT2D eigenvalue weighted by atomic mass is 32.2. The maximum Gasteiger partial charge on any atom is 0.303 e. The summed E-state index contributed by atoms with van der Waals surface area (Å²) < 4.78 is 0. The summed E-state index contributed by atoms with van der Waals surface area (Å²) in [7, 11) is 0. The highest BCUT2D eigenvalue weighted by molar-refractivity contribution is 7.99. The van der Waals surface area contributed by atoms with E-state index in [2.05, 4.69) is 60.7 Å². The number of unbranched alkanes of at least 4 members (excludes halogenated alkanes) is 1. The number of hydrogen-bond donors (Lipinski definition) is 1. The van der Waals surface area contributed by atoms with E-state index in [1.54, 1.807) is 0 Å². The standard InChI is InChI=1S/C22H28O2S2/c23-22(24)14-8-7-13-21(26-18-20-11-5-2-6-12-20)15-16-25-17-19-9-3-1-4-10-19/h1-6,9-12,21H,7-8,13-18H2,(H,23,24). The van der Waals surface area contributed by atoms with Crippen molar-refractivity contribution in [3.05, 3.63) is 71.8 Å². The fourth-order valence-corrected chi connectivity index (χ4v) is 5.14. The van der Waals surface area contributed by atoms with Crippen LogP contribution in [0, 0.1) is 0 Å². The molecular weight excluding hydrogens is 360 g/mol. The van der Waals surface area contributed by atoms with Crippen molar-refractivity contribution in [3.8, 4) is 0 Å². The van der Waals surface area contributed by atoms with E-state index in [1.807, 2.05) is 23.5 Å². The monoisotopic (exact) mass is 388 g/mol. The van der Waals surface area contributed by atoms with Crippen LogP contribution in [-0.2, 0) is 16.3 Å². The molecule has 1 N–H and O–H groups in total. The molecule has 0 bridgehead atoms. The second-order valence-electron chi connectivity index (χ2n) is 6.38. The lowest BCUT2D eigenvalue weighted by molar-refractivity contribution is -0.137. The van der Waals surface area contributed by atoms with E-state index in [-0.39, 0.29) is 0 Å². The predicted octanol–water partition coefficient (Wildman–Crippen LogP) is 6.26. The molecule has 0 fully saturated rings. The molecule has 2 rings (SSSR count). The van der Waals surface area contributed by atoms with Crippen LogP contribution >= 0.6 is 23.5 Å². The van der Waals surface area contributed by atoms with Crippen molar-refractivity contribution >= 4 is 29.5 Å². The van der Waals surface area contributed by atoms with E-state index < -0.39 is 5.97 Å². The van der Waals surface area contributed by atoms with Gasteiger partial charge in [0.05, 0.1) is 0 Å². The van der Waals surface area contributed by atoms with E-state index in [0.29, 0.717) is 11.7 Å². The first-order chi connectivity index (χ1) is 12.7. The summed E-state index contributed by atoms with van der Waals surface area (Å²) in [5, 5.41) is 9.41. The maximum atomic E-state index is 10.7. The quantitative estimate of drug-likeness (QED) is 0.411. The Morgan fingerprint density at radius 1 is 0.846 bits per heavy atom. The van der Waals surface area contributed by atoms with E-state index in [9.17, 15) is 4.79 Å².